The van der Waals surface area contributed by atoms with Crippen molar-refractivity contribution in [3.63, 3.8) is 0 Å². The number of hydrogen-bond donors (Lipinski definition) is 0. The second kappa shape index (κ2) is 14.9. The molecule has 228 valence electrons. The minimum absolute atomic E-state index is 0.154. The van der Waals surface area contributed by atoms with E-state index in [9.17, 15) is 9.59 Å². The van der Waals surface area contributed by atoms with E-state index in [2.05, 4.69) is 40.1 Å². The van der Waals surface area contributed by atoms with Crippen LogP contribution < -0.4 is 0 Å². The van der Waals surface area contributed by atoms with Gasteiger partial charge in [-0.1, -0.05) is 79.9 Å². The number of amides is 2. The van der Waals surface area contributed by atoms with Crippen molar-refractivity contribution in [2.45, 2.75) is 95.4 Å². The van der Waals surface area contributed by atoms with Crippen LogP contribution in [-0.2, 0) is 16.1 Å². The molecule has 0 aromatic heterocycles. The molecular formula is C35H49N3O4. The standard InChI is InChI=1S/C35H49N3O4/c1-3-37(34(39)42-26-27-13-7-4-8-14-27)30-19-21-36(22-20-30)25-29-23-32(24-33(29)28-15-9-5-10-16-28)38(35(40)41-2)31-17-11-6-12-18-31/h4-5,7-10,13-16,29-33H,3,6,11-12,17-26H2,1-2H3. The summed E-state index contributed by atoms with van der Waals surface area (Å²) in [5.74, 6) is 0.896. The van der Waals surface area contributed by atoms with Crippen molar-refractivity contribution in [1.29, 1.82) is 0 Å². The molecule has 1 saturated heterocycles. The zero-order chi connectivity index (χ0) is 29.3. The largest absolute Gasteiger partial charge is 0.453 e. The van der Waals surface area contributed by atoms with Crippen LogP contribution in [0.4, 0.5) is 9.59 Å². The summed E-state index contributed by atoms with van der Waals surface area (Å²) in [7, 11) is 1.53. The first kappa shape index (κ1) is 30.4. The molecular weight excluding hydrogens is 526 g/mol. The third kappa shape index (κ3) is 7.47. The van der Waals surface area contributed by atoms with Gasteiger partial charge in [0.1, 0.15) is 6.61 Å². The Kier molecular flexibility index (Phi) is 10.8. The lowest BCUT2D eigenvalue weighted by atomic mass is 9.88. The normalized spacial score (nSPS) is 23.8. The molecule has 42 heavy (non-hydrogen) atoms. The lowest BCUT2D eigenvalue weighted by Gasteiger charge is -2.39. The summed E-state index contributed by atoms with van der Waals surface area (Å²) < 4.78 is 11.0. The second-order valence-corrected chi connectivity index (χ2v) is 12.4. The number of rotatable bonds is 9. The predicted molar refractivity (Wildman–Crippen MR) is 165 cm³/mol. The Morgan fingerprint density at radius 1 is 0.810 bits per heavy atom. The molecule has 3 aliphatic rings. The van der Waals surface area contributed by atoms with E-state index in [0.29, 0.717) is 31.0 Å². The lowest BCUT2D eigenvalue weighted by Crippen LogP contribution is -2.48. The molecule has 0 bridgehead atoms. The minimum Gasteiger partial charge on any atom is -0.453 e. The summed E-state index contributed by atoms with van der Waals surface area (Å²) in [5.41, 5.74) is 2.39. The Balaban J connectivity index is 1.21. The van der Waals surface area contributed by atoms with E-state index in [1.54, 1.807) is 0 Å². The highest BCUT2D eigenvalue weighted by Gasteiger charge is 2.43. The van der Waals surface area contributed by atoms with Gasteiger partial charge in [-0.05, 0) is 68.4 Å². The van der Waals surface area contributed by atoms with Crippen molar-refractivity contribution < 1.29 is 19.1 Å². The minimum atomic E-state index is -0.215. The SMILES string of the molecule is CCN(C(=O)OCc1ccccc1)C1CCN(CC2CC(N(C(=O)OC)C3CCCCC3)CC2c2ccccc2)CC1. The van der Waals surface area contributed by atoms with Crippen LogP contribution in [0.1, 0.15) is 81.8 Å². The van der Waals surface area contributed by atoms with Gasteiger partial charge in [0.25, 0.3) is 0 Å². The van der Waals surface area contributed by atoms with E-state index >= 15 is 0 Å². The Bertz CT molecular complexity index is 1120. The van der Waals surface area contributed by atoms with Gasteiger partial charge < -0.3 is 24.2 Å². The van der Waals surface area contributed by atoms with Crippen molar-refractivity contribution >= 4 is 12.2 Å². The summed E-state index contributed by atoms with van der Waals surface area (Å²) in [6, 6.07) is 21.5. The summed E-state index contributed by atoms with van der Waals surface area (Å²) >= 11 is 0. The quantitative estimate of drug-likeness (QED) is 0.320. The number of likely N-dealkylation sites (tertiary alicyclic amines) is 1. The highest BCUT2D eigenvalue weighted by Crippen LogP contribution is 2.44. The van der Waals surface area contributed by atoms with E-state index in [-0.39, 0.29) is 24.3 Å². The Labute approximate surface area is 252 Å². The number of benzene rings is 2. The second-order valence-electron chi connectivity index (χ2n) is 12.4. The highest BCUT2D eigenvalue weighted by atomic mass is 16.6. The maximum atomic E-state index is 13.1. The van der Waals surface area contributed by atoms with Crippen molar-refractivity contribution in [2.24, 2.45) is 5.92 Å². The maximum absolute atomic E-state index is 13.1. The van der Waals surface area contributed by atoms with Gasteiger partial charge in [-0.3, -0.25) is 0 Å². The average molecular weight is 576 g/mol. The molecule has 7 nitrogen and oxygen atoms in total. The van der Waals surface area contributed by atoms with Crippen LogP contribution in [0.5, 0.6) is 0 Å². The number of piperidine rings is 1. The molecule has 1 heterocycles. The molecule has 5 rings (SSSR count). The highest BCUT2D eigenvalue weighted by molar-refractivity contribution is 5.68. The Morgan fingerprint density at radius 3 is 2.12 bits per heavy atom. The molecule has 7 heteroatoms. The molecule has 1 aliphatic heterocycles. The third-order valence-electron chi connectivity index (χ3n) is 9.92. The molecule has 3 unspecified atom stereocenters. The van der Waals surface area contributed by atoms with Gasteiger partial charge in [-0.15, -0.1) is 0 Å². The smallest absolute Gasteiger partial charge is 0.410 e. The first-order chi connectivity index (χ1) is 20.6. The average Bonchev–Trinajstić information content (AvgIpc) is 3.45. The van der Waals surface area contributed by atoms with Crippen LogP contribution in [0.15, 0.2) is 60.7 Å². The van der Waals surface area contributed by atoms with E-state index in [1.165, 1.54) is 31.9 Å². The van der Waals surface area contributed by atoms with Crippen molar-refractivity contribution in [2.75, 3.05) is 33.3 Å². The number of methoxy groups -OCH3 is 1. The molecule has 2 aromatic rings. The fraction of sp³-hybridized carbons (Fsp3) is 0.600. The summed E-state index contributed by atoms with van der Waals surface area (Å²) in [6.07, 6.45) is 9.37. The van der Waals surface area contributed by atoms with Gasteiger partial charge in [0.2, 0.25) is 0 Å². The zero-order valence-corrected chi connectivity index (χ0v) is 25.5. The van der Waals surface area contributed by atoms with E-state index < -0.39 is 0 Å². The van der Waals surface area contributed by atoms with Crippen LogP contribution >= 0.6 is 0 Å². The van der Waals surface area contributed by atoms with Crippen LogP contribution in [0.3, 0.4) is 0 Å². The zero-order valence-electron chi connectivity index (χ0n) is 25.5. The van der Waals surface area contributed by atoms with Crippen LogP contribution in [0.25, 0.3) is 0 Å². The number of hydrogen-bond acceptors (Lipinski definition) is 5. The van der Waals surface area contributed by atoms with Crippen molar-refractivity contribution in [1.82, 2.24) is 14.7 Å². The van der Waals surface area contributed by atoms with Gasteiger partial charge in [-0.2, -0.15) is 0 Å². The number of carbonyl (C=O) groups excluding carboxylic acids is 2. The van der Waals surface area contributed by atoms with E-state index in [0.717, 1.165) is 63.7 Å². The lowest BCUT2D eigenvalue weighted by molar-refractivity contribution is 0.0581. The number of ether oxygens (including phenoxy) is 2. The molecule has 2 aliphatic carbocycles. The summed E-state index contributed by atoms with van der Waals surface area (Å²) in [5, 5.41) is 0. The predicted octanol–water partition coefficient (Wildman–Crippen LogP) is 7.07. The molecule has 0 spiro atoms. The van der Waals surface area contributed by atoms with Crippen molar-refractivity contribution in [3.05, 3.63) is 71.8 Å². The van der Waals surface area contributed by atoms with E-state index in [1.807, 2.05) is 42.2 Å². The first-order valence-corrected chi connectivity index (χ1v) is 16.2. The van der Waals surface area contributed by atoms with Crippen LogP contribution in [0, 0.1) is 5.92 Å². The maximum Gasteiger partial charge on any atom is 0.410 e. The first-order valence-electron chi connectivity index (χ1n) is 16.2. The third-order valence-corrected chi connectivity index (χ3v) is 9.92. The molecule has 0 N–H and O–H groups in total. The monoisotopic (exact) mass is 575 g/mol. The number of nitrogens with zero attached hydrogens (tertiary/aromatic N) is 3. The van der Waals surface area contributed by atoms with Crippen molar-refractivity contribution in [3.8, 4) is 0 Å². The van der Waals surface area contributed by atoms with Gasteiger partial charge in [0.15, 0.2) is 0 Å². The summed E-state index contributed by atoms with van der Waals surface area (Å²) in [4.78, 5) is 32.7. The molecule has 2 amide bonds. The van der Waals surface area contributed by atoms with Gasteiger partial charge in [0, 0.05) is 44.3 Å². The fourth-order valence-electron chi connectivity index (χ4n) is 7.78. The fourth-order valence-corrected chi connectivity index (χ4v) is 7.78. The molecule has 3 fully saturated rings. The Hall–Kier alpha value is -3.06. The van der Waals surface area contributed by atoms with Crippen LogP contribution in [-0.4, -0.2) is 78.3 Å². The topological polar surface area (TPSA) is 62.3 Å². The number of carbonyl (C=O) groups is 2. The molecule has 2 aromatic carbocycles. The van der Waals surface area contributed by atoms with Gasteiger partial charge >= 0.3 is 12.2 Å². The van der Waals surface area contributed by atoms with Crippen LogP contribution in [0.2, 0.25) is 0 Å². The molecule has 3 atom stereocenters. The summed E-state index contributed by atoms with van der Waals surface area (Å²) in [6.45, 7) is 5.97. The van der Waals surface area contributed by atoms with Gasteiger partial charge in [0.05, 0.1) is 7.11 Å². The Morgan fingerprint density at radius 2 is 1.48 bits per heavy atom. The molecule has 0 radical (unpaired) electrons. The van der Waals surface area contributed by atoms with E-state index in [4.69, 9.17) is 9.47 Å². The molecule has 2 saturated carbocycles. The van der Waals surface area contributed by atoms with Gasteiger partial charge in [-0.25, -0.2) is 9.59 Å².